The minimum absolute atomic E-state index is 0.122. The van der Waals surface area contributed by atoms with Crippen LogP contribution in [0.4, 0.5) is 11.4 Å². The van der Waals surface area contributed by atoms with E-state index in [9.17, 15) is 4.79 Å². The van der Waals surface area contributed by atoms with Crippen molar-refractivity contribution in [3.05, 3.63) is 52.5 Å². The Balaban J connectivity index is 1.88. The van der Waals surface area contributed by atoms with Crippen molar-refractivity contribution in [2.24, 2.45) is 0 Å². The number of halogens is 2. The molecular weight excluding hydrogens is 323 g/mol. The Morgan fingerprint density at radius 2 is 1.86 bits per heavy atom. The van der Waals surface area contributed by atoms with Gasteiger partial charge in [0.1, 0.15) is 5.75 Å². The summed E-state index contributed by atoms with van der Waals surface area (Å²) in [7, 11) is 0. The van der Waals surface area contributed by atoms with Gasteiger partial charge in [-0.1, -0.05) is 23.2 Å². The van der Waals surface area contributed by atoms with Gasteiger partial charge in [0.05, 0.1) is 23.9 Å². The molecule has 0 spiro atoms. The second-order valence-electron chi connectivity index (χ2n) is 4.48. The quantitative estimate of drug-likeness (QED) is 0.818. The molecule has 0 saturated heterocycles. The summed E-state index contributed by atoms with van der Waals surface area (Å²) >= 11 is 11.9. The largest absolute Gasteiger partial charge is 0.494 e. The van der Waals surface area contributed by atoms with Crippen molar-refractivity contribution in [2.75, 3.05) is 23.8 Å². The van der Waals surface area contributed by atoms with E-state index in [1.165, 1.54) is 0 Å². The lowest BCUT2D eigenvalue weighted by molar-refractivity contribution is -0.114. The van der Waals surface area contributed by atoms with Gasteiger partial charge in [-0.25, -0.2) is 0 Å². The van der Waals surface area contributed by atoms with Crippen LogP contribution in [0.2, 0.25) is 10.0 Å². The summed E-state index contributed by atoms with van der Waals surface area (Å²) in [5.74, 6) is 0.585. The number of hydrogen-bond donors (Lipinski definition) is 2. The fraction of sp³-hybridized carbons (Fsp3) is 0.188. The van der Waals surface area contributed by atoms with Gasteiger partial charge in [-0.2, -0.15) is 0 Å². The zero-order valence-electron chi connectivity index (χ0n) is 12.0. The fourth-order valence-corrected chi connectivity index (χ4v) is 2.14. The number of carbonyl (C=O) groups excluding carboxylic acids is 1. The van der Waals surface area contributed by atoms with Crippen LogP contribution in [0.25, 0.3) is 0 Å². The van der Waals surface area contributed by atoms with Crippen LogP contribution in [0.5, 0.6) is 5.75 Å². The first-order valence-electron chi connectivity index (χ1n) is 6.80. The Morgan fingerprint density at radius 1 is 1.14 bits per heavy atom. The van der Waals surface area contributed by atoms with Crippen LogP contribution >= 0.6 is 23.2 Å². The van der Waals surface area contributed by atoms with E-state index in [1.807, 2.05) is 31.2 Å². The molecule has 0 atom stereocenters. The highest BCUT2D eigenvalue weighted by Crippen LogP contribution is 2.25. The molecule has 0 aliphatic heterocycles. The highest BCUT2D eigenvalue weighted by atomic mass is 35.5. The number of hydrogen-bond acceptors (Lipinski definition) is 3. The molecule has 0 bridgehead atoms. The van der Waals surface area contributed by atoms with Gasteiger partial charge >= 0.3 is 0 Å². The van der Waals surface area contributed by atoms with Crippen LogP contribution in [0.1, 0.15) is 6.92 Å². The van der Waals surface area contributed by atoms with Crippen molar-refractivity contribution >= 4 is 40.5 Å². The normalized spacial score (nSPS) is 10.1. The van der Waals surface area contributed by atoms with Crippen LogP contribution in [0, 0.1) is 0 Å². The molecule has 0 fully saturated rings. The highest BCUT2D eigenvalue weighted by molar-refractivity contribution is 6.35. The van der Waals surface area contributed by atoms with E-state index in [-0.39, 0.29) is 12.5 Å². The third-order valence-corrected chi connectivity index (χ3v) is 3.39. The first-order valence-corrected chi connectivity index (χ1v) is 7.55. The number of ether oxygens (including phenoxy) is 1. The molecule has 2 N–H and O–H groups in total. The predicted molar refractivity (Wildman–Crippen MR) is 91.2 cm³/mol. The predicted octanol–water partition coefficient (Wildman–Crippen LogP) is 4.44. The third kappa shape index (κ3) is 4.83. The molecule has 116 valence electrons. The summed E-state index contributed by atoms with van der Waals surface area (Å²) in [5.41, 5.74) is 1.32. The lowest BCUT2D eigenvalue weighted by atomic mass is 10.3. The molecule has 0 aromatic heterocycles. The van der Waals surface area contributed by atoms with E-state index in [4.69, 9.17) is 27.9 Å². The molecule has 0 heterocycles. The van der Waals surface area contributed by atoms with Crippen molar-refractivity contribution in [1.82, 2.24) is 0 Å². The minimum Gasteiger partial charge on any atom is -0.494 e. The third-order valence-electron chi connectivity index (χ3n) is 2.82. The van der Waals surface area contributed by atoms with Crippen molar-refractivity contribution < 1.29 is 9.53 Å². The molecule has 0 aliphatic carbocycles. The second kappa shape index (κ2) is 7.92. The van der Waals surface area contributed by atoms with Gasteiger partial charge in [-0.05, 0) is 49.4 Å². The van der Waals surface area contributed by atoms with E-state index < -0.39 is 0 Å². The molecule has 0 saturated carbocycles. The highest BCUT2D eigenvalue weighted by Gasteiger charge is 2.06. The molecule has 4 nitrogen and oxygen atoms in total. The zero-order chi connectivity index (χ0) is 15.9. The summed E-state index contributed by atoms with van der Waals surface area (Å²) in [6.07, 6.45) is 0. The lowest BCUT2D eigenvalue weighted by Gasteiger charge is -2.10. The fourth-order valence-electron chi connectivity index (χ4n) is 1.81. The standard InChI is InChI=1S/C16H16Cl2N2O2/c1-2-22-13-6-4-12(5-7-13)19-10-16(21)20-15-9-11(17)3-8-14(15)18/h3-9,19H,2,10H2,1H3,(H,20,21). The maximum absolute atomic E-state index is 11.9. The average Bonchev–Trinajstić information content (AvgIpc) is 2.51. The van der Waals surface area contributed by atoms with Gasteiger partial charge < -0.3 is 15.4 Å². The van der Waals surface area contributed by atoms with Crippen LogP contribution < -0.4 is 15.4 Å². The topological polar surface area (TPSA) is 50.4 Å². The smallest absolute Gasteiger partial charge is 0.243 e. The summed E-state index contributed by atoms with van der Waals surface area (Å²) in [6.45, 7) is 2.67. The molecule has 2 rings (SSSR count). The van der Waals surface area contributed by atoms with E-state index in [2.05, 4.69) is 10.6 Å². The van der Waals surface area contributed by atoms with Crippen molar-refractivity contribution in [3.63, 3.8) is 0 Å². The molecule has 0 unspecified atom stereocenters. The van der Waals surface area contributed by atoms with Gasteiger partial charge in [0.15, 0.2) is 0 Å². The van der Waals surface area contributed by atoms with Crippen LogP contribution in [0.15, 0.2) is 42.5 Å². The summed E-state index contributed by atoms with van der Waals surface area (Å²) in [4.78, 5) is 11.9. The summed E-state index contributed by atoms with van der Waals surface area (Å²) in [6, 6.07) is 12.3. The van der Waals surface area contributed by atoms with Crippen molar-refractivity contribution in [2.45, 2.75) is 6.92 Å². The summed E-state index contributed by atoms with van der Waals surface area (Å²) in [5, 5.41) is 6.69. The Labute approximate surface area is 139 Å². The molecule has 22 heavy (non-hydrogen) atoms. The van der Waals surface area contributed by atoms with E-state index in [1.54, 1.807) is 18.2 Å². The SMILES string of the molecule is CCOc1ccc(NCC(=O)Nc2cc(Cl)ccc2Cl)cc1. The molecule has 0 aliphatic rings. The van der Waals surface area contributed by atoms with E-state index in [0.717, 1.165) is 11.4 Å². The molecule has 0 radical (unpaired) electrons. The Hall–Kier alpha value is -1.91. The summed E-state index contributed by atoms with van der Waals surface area (Å²) < 4.78 is 5.36. The Morgan fingerprint density at radius 3 is 2.55 bits per heavy atom. The van der Waals surface area contributed by atoms with Gasteiger partial charge in [0.2, 0.25) is 5.91 Å². The first kappa shape index (κ1) is 16.5. The lowest BCUT2D eigenvalue weighted by Crippen LogP contribution is -2.21. The number of rotatable bonds is 6. The molecule has 2 aromatic rings. The number of anilines is 2. The number of amides is 1. The Kier molecular flexibility index (Phi) is 5.92. The van der Waals surface area contributed by atoms with Crippen molar-refractivity contribution in [3.8, 4) is 5.75 Å². The van der Waals surface area contributed by atoms with Crippen LogP contribution in [0.3, 0.4) is 0 Å². The molecular formula is C16H16Cl2N2O2. The van der Waals surface area contributed by atoms with Gasteiger partial charge in [0.25, 0.3) is 0 Å². The van der Waals surface area contributed by atoms with E-state index in [0.29, 0.717) is 22.3 Å². The van der Waals surface area contributed by atoms with Gasteiger partial charge in [-0.15, -0.1) is 0 Å². The monoisotopic (exact) mass is 338 g/mol. The average molecular weight is 339 g/mol. The molecule has 1 amide bonds. The first-order chi connectivity index (χ1) is 10.6. The van der Waals surface area contributed by atoms with E-state index >= 15 is 0 Å². The second-order valence-corrected chi connectivity index (χ2v) is 5.33. The zero-order valence-corrected chi connectivity index (χ0v) is 13.5. The van der Waals surface area contributed by atoms with Crippen LogP contribution in [-0.4, -0.2) is 19.1 Å². The number of carbonyl (C=O) groups is 1. The number of nitrogens with one attached hydrogen (secondary N) is 2. The minimum atomic E-state index is -0.210. The number of benzene rings is 2. The van der Waals surface area contributed by atoms with Crippen LogP contribution in [-0.2, 0) is 4.79 Å². The van der Waals surface area contributed by atoms with Gasteiger partial charge in [-0.3, -0.25) is 4.79 Å². The maximum Gasteiger partial charge on any atom is 0.243 e. The molecule has 6 heteroatoms. The molecule has 2 aromatic carbocycles. The maximum atomic E-state index is 11.9. The Bertz CT molecular complexity index is 645. The van der Waals surface area contributed by atoms with Crippen molar-refractivity contribution in [1.29, 1.82) is 0 Å². The van der Waals surface area contributed by atoms with Gasteiger partial charge in [0, 0.05) is 10.7 Å².